The van der Waals surface area contributed by atoms with E-state index in [2.05, 4.69) is 5.32 Å². The van der Waals surface area contributed by atoms with Gasteiger partial charge in [-0.1, -0.05) is 0 Å². The number of rotatable bonds is 3. The Labute approximate surface area is 72.5 Å². The molecule has 4 heteroatoms. The molecule has 1 aliphatic heterocycles. The molecule has 0 aliphatic carbocycles. The third kappa shape index (κ3) is 2.46. The largest absolute Gasteiger partial charge is 0.364 e. The number of carbonyl (C=O) groups is 1. The van der Waals surface area contributed by atoms with E-state index in [0.717, 1.165) is 12.8 Å². The minimum atomic E-state index is -0.201. The lowest BCUT2D eigenvalue weighted by Gasteiger charge is -2.33. The molecule has 3 N–H and O–H groups in total. The molecule has 4 nitrogen and oxygen atoms in total. The second kappa shape index (κ2) is 3.87. The molecule has 1 rings (SSSR count). The van der Waals surface area contributed by atoms with Crippen molar-refractivity contribution in [3.05, 3.63) is 0 Å². The highest BCUT2D eigenvalue weighted by Crippen LogP contribution is 2.18. The Morgan fingerprint density at radius 1 is 1.75 bits per heavy atom. The van der Waals surface area contributed by atoms with Crippen LogP contribution in [-0.2, 0) is 9.53 Å². The minimum Gasteiger partial charge on any atom is -0.364 e. The first-order valence-corrected chi connectivity index (χ1v) is 4.27. The zero-order chi connectivity index (χ0) is 9.03. The summed E-state index contributed by atoms with van der Waals surface area (Å²) >= 11 is 0. The monoisotopic (exact) mass is 172 g/mol. The molecule has 1 amide bonds. The van der Waals surface area contributed by atoms with Crippen molar-refractivity contribution in [1.82, 2.24) is 5.32 Å². The van der Waals surface area contributed by atoms with Gasteiger partial charge < -0.3 is 15.8 Å². The summed E-state index contributed by atoms with van der Waals surface area (Å²) < 4.78 is 5.41. The van der Waals surface area contributed by atoms with Crippen LogP contribution in [-0.4, -0.2) is 31.2 Å². The third-order valence-electron chi connectivity index (χ3n) is 2.12. The Kier molecular flexibility index (Phi) is 3.05. The first-order valence-electron chi connectivity index (χ1n) is 4.27. The van der Waals surface area contributed by atoms with E-state index < -0.39 is 0 Å². The molecular weight excluding hydrogens is 156 g/mol. The lowest BCUT2D eigenvalue weighted by atomic mass is 9.99. The predicted molar refractivity (Wildman–Crippen MR) is 45.7 cm³/mol. The second-order valence-electron chi connectivity index (χ2n) is 3.41. The highest BCUT2D eigenvalue weighted by atomic mass is 16.5. The van der Waals surface area contributed by atoms with Gasteiger partial charge >= 0.3 is 0 Å². The van der Waals surface area contributed by atoms with Gasteiger partial charge in [-0.05, 0) is 26.3 Å². The topological polar surface area (TPSA) is 64.3 Å². The van der Waals surface area contributed by atoms with Crippen molar-refractivity contribution in [2.45, 2.75) is 25.4 Å². The summed E-state index contributed by atoms with van der Waals surface area (Å²) in [4.78, 5) is 10.8. The maximum Gasteiger partial charge on any atom is 0.246 e. The van der Waals surface area contributed by atoms with Crippen LogP contribution in [0.5, 0.6) is 0 Å². The molecule has 1 unspecified atom stereocenters. The van der Waals surface area contributed by atoms with Crippen molar-refractivity contribution in [3.63, 3.8) is 0 Å². The summed E-state index contributed by atoms with van der Waals surface area (Å²) in [5.74, 6) is -0.0276. The molecule has 1 aliphatic rings. The Hall–Kier alpha value is -0.610. The van der Waals surface area contributed by atoms with Crippen LogP contribution in [0.15, 0.2) is 0 Å². The van der Waals surface area contributed by atoms with Crippen molar-refractivity contribution >= 4 is 5.91 Å². The van der Waals surface area contributed by atoms with Crippen molar-refractivity contribution in [3.8, 4) is 0 Å². The van der Waals surface area contributed by atoms with Gasteiger partial charge in [0.2, 0.25) is 5.91 Å². The molecule has 0 radical (unpaired) electrons. The van der Waals surface area contributed by atoms with Gasteiger partial charge in [0.15, 0.2) is 0 Å². The van der Waals surface area contributed by atoms with Crippen LogP contribution in [0.1, 0.15) is 19.8 Å². The minimum absolute atomic E-state index is 0.0276. The van der Waals surface area contributed by atoms with E-state index in [1.807, 2.05) is 6.92 Å². The van der Waals surface area contributed by atoms with Gasteiger partial charge in [0.25, 0.3) is 0 Å². The fraction of sp³-hybridized carbons (Fsp3) is 0.875. The van der Waals surface area contributed by atoms with Gasteiger partial charge in [-0.3, -0.25) is 4.79 Å². The molecule has 0 bridgehead atoms. The van der Waals surface area contributed by atoms with Crippen LogP contribution in [0.25, 0.3) is 0 Å². The molecule has 1 saturated heterocycles. The molecule has 0 spiro atoms. The van der Waals surface area contributed by atoms with E-state index >= 15 is 0 Å². The fourth-order valence-corrected chi connectivity index (χ4v) is 1.26. The molecule has 0 aromatic rings. The lowest BCUT2D eigenvalue weighted by molar-refractivity contribution is -0.142. The Bertz CT molecular complexity index is 160. The number of nitrogens with two attached hydrogens (primary N) is 1. The lowest BCUT2D eigenvalue weighted by Crippen LogP contribution is -2.50. The van der Waals surface area contributed by atoms with E-state index in [-0.39, 0.29) is 18.1 Å². The number of carbonyl (C=O) groups excluding carboxylic acids is 1. The summed E-state index contributed by atoms with van der Waals surface area (Å²) in [6.45, 7) is 3.46. The van der Waals surface area contributed by atoms with E-state index in [9.17, 15) is 4.79 Å². The number of amides is 1. The zero-order valence-corrected chi connectivity index (χ0v) is 7.43. The maximum atomic E-state index is 10.8. The van der Waals surface area contributed by atoms with Crippen LogP contribution in [0.2, 0.25) is 0 Å². The molecule has 1 fully saturated rings. The number of morpholine rings is 1. The third-order valence-corrected chi connectivity index (χ3v) is 2.12. The number of hydrogen-bond acceptors (Lipinski definition) is 3. The number of ether oxygens (including phenoxy) is 1. The van der Waals surface area contributed by atoms with Gasteiger partial charge in [-0.25, -0.2) is 0 Å². The average Bonchev–Trinajstić information content (AvgIpc) is 2.08. The van der Waals surface area contributed by atoms with Gasteiger partial charge in [-0.15, -0.1) is 0 Å². The first-order chi connectivity index (χ1) is 5.66. The molecular formula is C8H16N2O2. The summed E-state index contributed by atoms with van der Waals surface area (Å²) in [6.07, 6.45) is 1.84. The van der Waals surface area contributed by atoms with Gasteiger partial charge in [-0.2, -0.15) is 0 Å². The van der Waals surface area contributed by atoms with Crippen LogP contribution in [0.4, 0.5) is 0 Å². The van der Waals surface area contributed by atoms with Crippen LogP contribution < -0.4 is 11.1 Å². The molecule has 1 heterocycles. The van der Waals surface area contributed by atoms with Gasteiger partial charge in [0, 0.05) is 6.54 Å². The van der Waals surface area contributed by atoms with Crippen LogP contribution in [0, 0.1) is 0 Å². The van der Waals surface area contributed by atoms with Crippen molar-refractivity contribution in [2.24, 2.45) is 5.73 Å². The van der Waals surface area contributed by atoms with Gasteiger partial charge in [0.1, 0.15) is 6.61 Å². The summed E-state index contributed by atoms with van der Waals surface area (Å²) in [7, 11) is 0. The van der Waals surface area contributed by atoms with Crippen LogP contribution >= 0.6 is 0 Å². The van der Waals surface area contributed by atoms with Crippen molar-refractivity contribution in [2.75, 3.05) is 19.7 Å². The van der Waals surface area contributed by atoms with E-state index in [1.54, 1.807) is 0 Å². The summed E-state index contributed by atoms with van der Waals surface area (Å²) in [5.41, 5.74) is 5.19. The zero-order valence-electron chi connectivity index (χ0n) is 7.43. The van der Waals surface area contributed by atoms with Crippen molar-refractivity contribution < 1.29 is 9.53 Å². The molecule has 70 valence electrons. The quantitative estimate of drug-likeness (QED) is 0.610. The summed E-state index contributed by atoms with van der Waals surface area (Å²) in [6, 6.07) is 0. The Morgan fingerprint density at radius 2 is 2.50 bits per heavy atom. The van der Waals surface area contributed by atoms with E-state index in [0.29, 0.717) is 13.1 Å². The highest BCUT2D eigenvalue weighted by Gasteiger charge is 2.29. The SMILES string of the molecule is CC1(CCCN)CNC(=O)CO1. The normalized spacial score (nSPS) is 30.0. The summed E-state index contributed by atoms with van der Waals surface area (Å²) in [5, 5.41) is 2.78. The van der Waals surface area contributed by atoms with Crippen LogP contribution in [0.3, 0.4) is 0 Å². The van der Waals surface area contributed by atoms with Crippen molar-refractivity contribution in [1.29, 1.82) is 0 Å². The fourth-order valence-electron chi connectivity index (χ4n) is 1.26. The number of nitrogens with one attached hydrogen (secondary N) is 1. The number of hydrogen-bond donors (Lipinski definition) is 2. The maximum absolute atomic E-state index is 10.8. The smallest absolute Gasteiger partial charge is 0.246 e. The van der Waals surface area contributed by atoms with Gasteiger partial charge in [0.05, 0.1) is 5.60 Å². The molecule has 1 atom stereocenters. The Balaban J connectivity index is 2.34. The highest BCUT2D eigenvalue weighted by molar-refractivity contribution is 5.77. The molecule has 0 saturated carbocycles. The van der Waals surface area contributed by atoms with E-state index in [4.69, 9.17) is 10.5 Å². The molecule has 0 aromatic heterocycles. The second-order valence-corrected chi connectivity index (χ2v) is 3.41. The molecule has 12 heavy (non-hydrogen) atoms. The predicted octanol–water partition coefficient (Wildman–Crippen LogP) is -0.370. The standard InChI is InChI=1S/C8H16N2O2/c1-8(3-2-4-9)6-10-7(11)5-12-8/h2-6,9H2,1H3,(H,10,11). The molecule has 0 aromatic carbocycles. The average molecular weight is 172 g/mol. The first kappa shape index (κ1) is 9.48. The van der Waals surface area contributed by atoms with E-state index in [1.165, 1.54) is 0 Å². The Morgan fingerprint density at radius 3 is 3.00 bits per heavy atom.